The Labute approximate surface area is 210 Å². The SMILES string of the molecule is CNC(=O)c1cc(S(=O)(=O)c2ccc(CCNC[C@H](O)c3cccc(Cl)c3)cc2)ccc1O.Cl. The van der Waals surface area contributed by atoms with Crippen molar-refractivity contribution in [3.05, 3.63) is 88.4 Å². The molecule has 3 aromatic carbocycles. The first-order valence-electron chi connectivity index (χ1n) is 10.3. The topological polar surface area (TPSA) is 116 Å². The molecule has 4 N–H and O–H groups in total. The number of hydrogen-bond acceptors (Lipinski definition) is 6. The van der Waals surface area contributed by atoms with Crippen LogP contribution in [0.25, 0.3) is 0 Å². The smallest absolute Gasteiger partial charge is 0.254 e. The molecule has 0 radical (unpaired) electrons. The van der Waals surface area contributed by atoms with Crippen molar-refractivity contribution < 1.29 is 23.4 Å². The third-order valence-corrected chi connectivity index (χ3v) is 7.15. The standard InChI is InChI=1S/C24H25ClN2O5S.ClH/c1-26-24(30)21-14-20(9-10-22(21)28)33(31,32)19-7-5-16(6-8-19)11-12-27-15-23(29)17-3-2-4-18(25)13-17;/h2-10,13-14,23,27-29H,11-12,15H2,1H3,(H,26,30);1H/t23-;/m0./s1. The van der Waals surface area contributed by atoms with E-state index in [0.717, 1.165) is 17.2 Å². The van der Waals surface area contributed by atoms with Gasteiger partial charge in [-0.25, -0.2) is 8.42 Å². The van der Waals surface area contributed by atoms with Gasteiger partial charge in [0, 0.05) is 18.6 Å². The van der Waals surface area contributed by atoms with E-state index in [1.165, 1.54) is 31.3 Å². The van der Waals surface area contributed by atoms with Crippen LogP contribution in [0.2, 0.25) is 5.02 Å². The summed E-state index contributed by atoms with van der Waals surface area (Å²) >= 11 is 5.95. The van der Waals surface area contributed by atoms with E-state index in [2.05, 4.69) is 10.6 Å². The molecule has 0 saturated heterocycles. The van der Waals surface area contributed by atoms with Gasteiger partial charge in [-0.2, -0.15) is 0 Å². The van der Waals surface area contributed by atoms with E-state index in [4.69, 9.17) is 11.6 Å². The number of rotatable bonds is 9. The van der Waals surface area contributed by atoms with Gasteiger partial charge in [0.25, 0.3) is 5.91 Å². The summed E-state index contributed by atoms with van der Waals surface area (Å²) in [5, 5.41) is 26.2. The highest BCUT2D eigenvalue weighted by Gasteiger charge is 2.21. The van der Waals surface area contributed by atoms with Gasteiger partial charge in [-0.15, -0.1) is 12.4 Å². The number of hydrogen-bond donors (Lipinski definition) is 4. The van der Waals surface area contributed by atoms with Crippen molar-refractivity contribution in [3.8, 4) is 5.75 Å². The molecule has 0 aliphatic heterocycles. The van der Waals surface area contributed by atoms with E-state index in [1.54, 1.807) is 30.3 Å². The number of carbonyl (C=O) groups is 1. The van der Waals surface area contributed by atoms with Gasteiger partial charge in [0.1, 0.15) is 5.75 Å². The van der Waals surface area contributed by atoms with Gasteiger partial charge >= 0.3 is 0 Å². The minimum absolute atomic E-state index is 0. The maximum absolute atomic E-state index is 13.0. The number of benzene rings is 3. The first-order chi connectivity index (χ1) is 15.7. The van der Waals surface area contributed by atoms with Crippen molar-refractivity contribution in [2.75, 3.05) is 20.1 Å². The van der Waals surface area contributed by atoms with Gasteiger partial charge in [0.15, 0.2) is 0 Å². The van der Waals surface area contributed by atoms with E-state index in [0.29, 0.717) is 24.5 Å². The van der Waals surface area contributed by atoms with Gasteiger partial charge < -0.3 is 20.8 Å². The average molecular weight is 525 g/mol. The van der Waals surface area contributed by atoms with E-state index in [1.807, 2.05) is 6.07 Å². The van der Waals surface area contributed by atoms with Crippen LogP contribution in [-0.2, 0) is 16.3 Å². The number of amides is 1. The Balaban J connectivity index is 0.00000408. The van der Waals surface area contributed by atoms with E-state index in [9.17, 15) is 23.4 Å². The van der Waals surface area contributed by atoms with Crippen LogP contribution in [0.3, 0.4) is 0 Å². The zero-order valence-corrected chi connectivity index (χ0v) is 20.8. The number of carbonyl (C=O) groups excluding carboxylic acids is 1. The summed E-state index contributed by atoms with van der Waals surface area (Å²) in [5.74, 6) is -0.871. The van der Waals surface area contributed by atoms with Crippen LogP contribution >= 0.6 is 24.0 Å². The lowest BCUT2D eigenvalue weighted by atomic mass is 10.1. The zero-order valence-electron chi connectivity index (χ0n) is 18.4. The number of aliphatic hydroxyl groups excluding tert-OH is 1. The summed E-state index contributed by atoms with van der Waals surface area (Å²) < 4.78 is 25.9. The largest absolute Gasteiger partial charge is 0.507 e. The first-order valence-corrected chi connectivity index (χ1v) is 12.1. The third-order valence-electron chi connectivity index (χ3n) is 5.15. The molecule has 7 nitrogen and oxygen atoms in total. The number of phenolic OH excluding ortho intramolecular Hbond substituents is 1. The van der Waals surface area contributed by atoms with Crippen molar-refractivity contribution in [2.24, 2.45) is 0 Å². The molecule has 0 heterocycles. The highest BCUT2D eigenvalue weighted by molar-refractivity contribution is 7.91. The quantitative estimate of drug-likeness (QED) is 0.318. The summed E-state index contributed by atoms with van der Waals surface area (Å²) in [5.41, 5.74) is 1.55. The minimum Gasteiger partial charge on any atom is -0.507 e. The van der Waals surface area contributed by atoms with Crippen LogP contribution in [-0.4, -0.2) is 44.7 Å². The number of phenols is 1. The molecular formula is C24H26Cl2N2O5S. The number of sulfone groups is 1. The molecule has 0 unspecified atom stereocenters. The second kappa shape index (κ2) is 12.2. The van der Waals surface area contributed by atoms with Crippen LogP contribution in [0.15, 0.2) is 76.5 Å². The molecule has 1 atom stereocenters. The van der Waals surface area contributed by atoms with Gasteiger partial charge in [-0.3, -0.25) is 4.79 Å². The van der Waals surface area contributed by atoms with Crippen molar-refractivity contribution in [1.29, 1.82) is 0 Å². The molecule has 3 rings (SSSR count). The highest BCUT2D eigenvalue weighted by atomic mass is 35.5. The van der Waals surface area contributed by atoms with Crippen molar-refractivity contribution in [3.63, 3.8) is 0 Å². The van der Waals surface area contributed by atoms with Gasteiger partial charge in [-0.05, 0) is 66.6 Å². The van der Waals surface area contributed by atoms with Crippen LogP contribution in [0, 0.1) is 0 Å². The fourth-order valence-corrected chi connectivity index (χ4v) is 4.76. The molecule has 3 aromatic rings. The van der Waals surface area contributed by atoms with Crippen molar-refractivity contribution in [2.45, 2.75) is 22.3 Å². The summed E-state index contributed by atoms with van der Waals surface area (Å²) in [6, 6.07) is 17.1. The van der Waals surface area contributed by atoms with E-state index < -0.39 is 21.8 Å². The van der Waals surface area contributed by atoms with Gasteiger partial charge in [0.2, 0.25) is 9.84 Å². The second-order valence-corrected chi connectivity index (χ2v) is 9.82. The molecular weight excluding hydrogens is 499 g/mol. The second-order valence-electron chi connectivity index (χ2n) is 7.43. The van der Waals surface area contributed by atoms with E-state index >= 15 is 0 Å². The molecule has 0 aliphatic carbocycles. The Morgan fingerprint density at radius 3 is 2.35 bits per heavy atom. The Hall–Kier alpha value is -2.62. The van der Waals surface area contributed by atoms with Crippen LogP contribution in [0.4, 0.5) is 0 Å². The fraction of sp³-hybridized carbons (Fsp3) is 0.208. The average Bonchev–Trinajstić information content (AvgIpc) is 2.81. The number of aliphatic hydroxyl groups is 1. The zero-order chi connectivity index (χ0) is 24.0. The lowest BCUT2D eigenvalue weighted by Crippen LogP contribution is -2.23. The summed E-state index contributed by atoms with van der Waals surface area (Å²) in [7, 11) is -2.46. The van der Waals surface area contributed by atoms with Crippen LogP contribution in [0.1, 0.15) is 27.6 Å². The summed E-state index contributed by atoms with van der Waals surface area (Å²) in [6.45, 7) is 0.957. The maximum atomic E-state index is 13.0. The Morgan fingerprint density at radius 1 is 1.03 bits per heavy atom. The minimum atomic E-state index is -3.86. The molecule has 10 heteroatoms. The van der Waals surface area contributed by atoms with Gasteiger partial charge in [-0.1, -0.05) is 35.9 Å². The van der Waals surface area contributed by atoms with Gasteiger partial charge in [0.05, 0.1) is 21.5 Å². The van der Waals surface area contributed by atoms with Crippen LogP contribution < -0.4 is 10.6 Å². The maximum Gasteiger partial charge on any atom is 0.254 e. The van der Waals surface area contributed by atoms with E-state index in [-0.39, 0.29) is 33.5 Å². The molecule has 1 amide bonds. The molecule has 34 heavy (non-hydrogen) atoms. The predicted molar refractivity (Wildman–Crippen MR) is 134 cm³/mol. The molecule has 0 bridgehead atoms. The Kier molecular flexibility index (Phi) is 9.90. The third kappa shape index (κ3) is 6.71. The Morgan fingerprint density at radius 2 is 1.71 bits per heavy atom. The van der Waals surface area contributed by atoms with Crippen molar-refractivity contribution in [1.82, 2.24) is 10.6 Å². The number of aromatic hydroxyl groups is 1. The van der Waals surface area contributed by atoms with Crippen molar-refractivity contribution >= 4 is 39.8 Å². The summed E-state index contributed by atoms with van der Waals surface area (Å²) in [4.78, 5) is 11.9. The monoisotopic (exact) mass is 524 g/mol. The Bertz CT molecular complexity index is 1230. The molecule has 0 fully saturated rings. The predicted octanol–water partition coefficient (Wildman–Crippen LogP) is 3.53. The summed E-state index contributed by atoms with van der Waals surface area (Å²) in [6.07, 6.45) is -0.0379. The number of nitrogens with one attached hydrogen (secondary N) is 2. The number of halogens is 2. The molecule has 0 aliphatic rings. The normalized spacial score (nSPS) is 12.0. The molecule has 0 saturated carbocycles. The first kappa shape index (κ1) is 27.6. The van der Waals surface area contributed by atoms with Crippen LogP contribution in [0.5, 0.6) is 5.75 Å². The highest BCUT2D eigenvalue weighted by Crippen LogP contribution is 2.26. The molecule has 182 valence electrons. The molecule has 0 spiro atoms. The molecule has 0 aromatic heterocycles. The lowest BCUT2D eigenvalue weighted by Gasteiger charge is -2.13. The fourth-order valence-electron chi connectivity index (χ4n) is 3.27. The lowest BCUT2D eigenvalue weighted by molar-refractivity contribution is 0.0960.